The highest BCUT2D eigenvalue weighted by atomic mass is 32.2. The maximum atomic E-state index is 12.5. The van der Waals surface area contributed by atoms with Gasteiger partial charge in [-0.25, -0.2) is 13.1 Å². The summed E-state index contributed by atoms with van der Waals surface area (Å²) in [5.74, 6) is 1.41. The van der Waals surface area contributed by atoms with Crippen molar-refractivity contribution in [3.63, 3.8) is 0 Å². The van der Waals surface area contributed by atoms with Gasteiger partial charge in [-0.05, 0) is 55.0 Å². The molecule has 4 aromatic rings. The maximum Gasteiger partial charge on any atom is 0.271 e. The molecule has 1 aromatic carbocycles. The number of aromatic nitrogens is 4. The zero-order valence-electron chi connectivity index (χ0n) is 15.4. The van der Waals surface area contributed by atoms with Gasteiger partial charge in [0, 0.05) is 29.0 Å². The number of nitrogens with zero attached hydrogens (tertiary/aromatic N) is 4. The molecule has 0 amide bonds. The Kier molecular flexibility index (Phi) is 5.28. The van der Waals surface area contributed by atoms with Gasteiger partial charge >= 0.3 is 0 Å². The minimum atomic E-state index is -3.60. The van der Waals surface area contributed by atoms with Gasteiger partial charge in [-0.15, -0.1) is 21.5 Å². The highest BCUT2D eigenvalue weighted by molar-refractivity contribution is 7.94. The lowest BCUT2D eigenvalue weighted by Gasteiger charge is -2.08. The Bertz CT molecular complexity index is 1190. The minimum Gasteiger partial charge on any atom is -0.438 e. The Morgan fingerprint density at radius 2 is 1.90 bits per heavy atom. The van der Waals surface area contributed by atoms with Gasteiger partial charge < -0.3 is 4.74 Å². The summed E-state index contributed by atoms with van der Waals surface area (Å²) in [6, 6.07) is 15.2. The molecule has 3 aromatic heterocycles. The monoisotopic (exact) mass is 427 g/mol. The van der Waals surface area contributed by atoms with Crippen molar-refractivity contribution in [2.24, 2.45) is 0 Å². The van der Waals surface area contributed by atoms with E-state index in [9.17, 15) is 8.42 Å². The summed E-state index contributed by atoms with van der Waals surface area (Å²) in [6.45, 7) is 1.99. The lowest BCUT2D eigenvalue weighted by atomic mass is 10.3. The normalized spacial score (nSPS) is 11.3. The Hall–Kier alpha value is -3.24. The van der Waals surface area contributed by atoms with Gasteiger partial charge in [-0.2, -0.15) is 5.10 Å². The number of ether oxygens (including phenoxy) is 1. The van der Waals surface area contributed by atoms with Crippen molar-refractivity contribution >= 4 is 27.0 Å². The Morgan fingerprint density at radius 3 is 2.52 bits per heavy atom. The summed E-state index contributed by atoms with van der Waals surface area (Å²) in [5, 5.41) is 12.2. The molecule has 0 atom stereocenters. The van der Waals surface area contributed by atoms with E-state index in [1.807, 2.05) is 13.0 Å². The molecule has 0 spiro atoms. The predicted molar refractivity (Wildman–Crippen MR) is 110 cm³/mol. The van der Waals surface area contributed by atoms with Gasteiger partial charge in [0.05, 0.1) is 0 Å². The lowest BCUT2D eigenvalue weighted by molar-refractivity contribution is 0.454. The molecule has 3 heterocycles. The first kappa shape index (κ1) is 19.1. The van der Waals surface area contributed by atoms with E-state index < -0.39 is 10.0 Å². The van der Waals surface area contributed by atoms with Crippen LogP contribution in [-0.2, 0) is 16.4 Å². The first-order valence-electron chi connectivity index (χ1n) is 8.77. The van der Waals surface area contributed by atoms with Crippen molar-refractivity contribution in [3.05, 3.63) is 71.9 Å². The van der Waals surface area contributed by atoms with Crippen LogP contribution in [0.1, 0.15) is 11.8 Å². The lowest BCUT2D eigenvalue weighted by Crippen LogP contribution is -2.11. The third-order valence-electron chi connectivity index (χ3n) is 3.94. The van der Waals surface area contributed by atoms with Gasteiger partial charge in [0.25, 0.3) is 10.0 Å². The van der Waals surface area contributed by atoms with Crippen LogP contribution in [-0.4, -0.2) is 28.4 Å². The Labute approximate surface area is 171 Å². The smallest absolute Gasteiger partial charge is 0.271 e. The summed E-state index contributed by atoms with van der Waals surface area (Å²) >= 11 is 1.27. The number of aryl methyl sites for hydroxylation is 1. The topological polar surface area (TPSA) is 99.0 Å². The highest BCUT2D eigenvalue weighted by Crippen LogP contribution is 2.26. The summed E-state index contributed by atoms with van der Waals surface area (Å²) in [5.41, 5.74) is 0.448. The fraction of sp³-hybridized carbons (Fsp3) is 0.105. The van der Waals surface area contributed by atoms with Crippen LogP contribution in [0, 0.1) is 0 Å². The van der Waals surface area contributed by atoms with Crippen molar-refractivity contribution in [2.45, 2.75) is 17.6 Å². The van der Waals surface area contributed by atoms with E-state index in [0.717, 1.165) is 11.3 Å². The van der Waals surface area contributed by atoms with Crippen LogP contribution in [0.2, 0.25) is 0 Å². The van der Waals surface area contributed by atoms with E-state index in [1.165, 1.54) is 11.3 Å². The molecule has 0 unspecified atom stereocenters. The van der Waals surface area contributed by atoms with Gasteiger partial charge in [0.2, 0.25) is 5.88 Å². The first-order chi connectivity index (χ1) is 14.0. The van der Waals surface area contributed by atoms with Crippen LogP contribution in [0.5, 0.6) is 11.6 Å². The van der Waals surface area contributed by atoms with E-state index >= 15 is 0 Å². The second-order valence-corrected chi connectivity index (χ2v) is 9.06. The zero-order chi connectivity index (χ0) is 20.3. The van der Waals surface area contributed by atoms with Crippen molar-refractivity contribution in [3.8, 4) is 17.4 Å². The number of sulfonamides is 1. The number of hydrogen-bond donors (Lipinski definition) is 1. The number of thiophene rings is 1. The summed E-state index contributed by atoms with van der Waals surface area (Å²) in [6.07, 6.45) is 4.23. The molecular weight excluding hydrogens is 410 g/mol. The molecule has 0 saturated heterocycles. The van der Waals surface area contributed by atoms with E-state index in [4.69, 9.17) is 4.74 Å². The zero-order valence-corrected chi connectivity index (χ0v) is 17.0. The number of rotatable bonds is 7. The minimum absolute atomic E-state index is 0.294. The average Bonchev–Trinajstić information content (AvgIpc) is 3.42. The molecular formula is C19H17N5O3S2. The van der Waals surface area contributed by atoms with Crippen molar-refractivity contribution < 1.29 is 13.2 Å². The van der Waals surface area contributed by atoms with Crippen LogP contribution in [0.3, 0.4) is 0 Å². The number of benzene rings is 1. The number of hydrogen-bond acceptors (Lipinski definition) is 7. The van der Waals surface area contributed by atoms with Crippen LogP contribution < -0.4 is 9.46 Å². The molecule has 148 valence electrons. The van der Waals surface area contributed by atoms with Gasteiger partial charge in [-0.1, -0.05) is 6.92 Å². The summed E-state index contributed by atoms with van der Waals surface area (Å²) < 4.78 is 35.1. The number of nitrogens with one attached hydrogen (secondary N) is 1. The van der Waals surface area contributed by atoms with Gasteiger partial charge in [0.1, 0.15) is 9.96 Å². The van der Waals surface area contributed by atoms with Gasteiger partial charge in [-0.3, -0.25) is 4.72 Å². The average molecular weight is 428 g/mol. The SMILES string of the molecule is CCc1ccc(S(=O)(=O)Nc2ccc(Oc3ccc(-n4cccn4)nn3)cc2)s1. The van der Waals surface area contributed by atoms with Crippen molar-refractivity contribution in [2.75, 3.05) is 4.72 Å². The van der Waals surface area contributed by atoms with E-state index in [0.29, 0.717) is 27.3 Å². The van der Waals surface area contributed by atoms with Crippen LogP contribution >= 0.6 is 11.3 Å². The number of anilines is 1. The maximum absolute atomic E-state index is 12.5. The molecule has 10 heteroatoms. The highest BCUT2D eigenvalue weighted by Gasteiger charge is 2.16. The molecule has 8 nitrogen and oxygen atoms in total. The van der Waals surface area contributed by atoms with E-state index in [1.54, 1.807) is 65.6 Å². The van der Waals surface area contributed by atoms with E-state index in [-0.39, 0.29) is 0 Å². The van der Waals surface area contributed by atoms with Crippen LogP contribution in [0.4, 0.5) is 5.69 Å². The second-order valence-electron chi connectivity index (χ2n) is 5.99. The van der Waals surface area contributed by atoms with Crippen LogP contribution in [0.15, 0.2) is 71.2 Å². The molecule has 0 aliphatic heterocycles. The molecule has 0 saturated carbocycles. The molecule has 29 heavy (non-hydrogen) atoms. The molecule has 1 N–H and O–H groups in total. The fourth-order valence-corrected chi connectivity index (χ4v) is 4.86. The van der Waals surface area contributed by atoms with Gasteiger partial charge in [0.15, 0.2) is 5.82 Å². The Morgan fingerprint density at radius 1 is 1.07 bits per heavy atom. The van der Waals surface area contributed by atoms with Crippen molar-refractivity contribution in [1.29, 1.82) is 0 Å². The third-order valence-corrected chi connectivity index (χ3v) is 7.05. The molecule has 0 bridgehead atoms. The standard InChI is InChI=1S/C19H17N5O3S2/c1-2-16-8-11-19(28-16)29(25,26)23-14-4-6-15(7-5-14)27-18-10-9-17(21-22-18)24-13-3-12-20-24/h3-13,23H,2H2,1H3. The molecule has 4 rings (SSSR count). The predicted octanol–water partition coefficient (Wildman–Crippen LogP) is 3.88. The molecule has 0 fully saturated rings. The quantitative estimate of drug-likeness (QED) is 0.481. The third kappa shape index (κ3) is 4.44. The second kappa shape index (κ2) is 8.02. The first-order valence-corrected chi connectivity index (χ1v) is 11.1. The fourth-order valence-electron chi connectivity index (χ4n) is 2.50. The molecule has 0 radical (unpaired) electrons. The van der Waals surface area contributed by atoms with E-state index in [2.05, 4.69) is 20.0 Å². The van der Waals surface area contributed by atoms with Crippen molar-refractivity contribution in [1.82, 2.24) is 20.0 Å². The largest absolute Gasteiger partial charge is 0.438 e. The summed E-state index contributed by atoms with van der Waals surface area (Å²) in [4.78, 5) is 1.02. The molecule has 0 aliphatic rings. The summed E-state index contributed by atoms with van der Waals surface area (Å²) in [7, 11) is -3.60. The van der Waals surface area contributed by atoms with Crippen LogP contribution in [0.25, 0.3) is 5.82 Å². The molecule has 0 aliphatic carbocycles. The Balaban J connectivity index is 1.42.